The number of anilines is 3. The molecule has 4 rings (SSSR count). The Kier molecular flexibility index (Phi) is 5.45. The second-order valence-electron chi connectivity index (χ2n) is 7.04. The van der Waals surface area contributed by atoms with Crippen LogP contribution >= 0.6 is 11.3 Å². The van der Waals surface area contributed by atoms with Gasteiger partial charge in [-0.15, -0.1) is 11.3 Å². The zero-order valence-electron chi connectivity index (χ0n) is 16.6. The number of nitrogens with one attached hydrogen (secondary N) is 1. The van der Waals surface area contributed by atoms with Crippen LogP contribution in [0.1, 0.15) is 19.4 Å². The van der Waals surface area contributed by atoms with Crippen molar-refractivity contribution in [3.63, 3.8) is 0 Å². The standard InChI is InChI=1S/C23H25N3O2S/c1-3-26(4-2)17-9-7-15-13-21(28-20(15)14-17)23(27)25-19-12-16(8-10-18(19)24)22-6-5-11-29-22/h5-12,14,21H,3-4,13,24H2,1-2H3,(H,25,27). The third kappa shape index (κ3) is 3.93. The minimum absolute atomic E-state index is 0.180. The quantitative estimate of drug-likeness (QED) is 0.577. The average molecular weight is 408 g/mol. The van der Waals surface area contributed by atoms with Crippen LogP contribution in [-0.4, -0.2) is 25.1 Å². The van der Waals surface area contributed by atoms with Crippen molar-refractivity contribution in [1.29, 1.82) is 0 Å². The van der Waals surface area contributed by atoms with E-state index in [1.54, 1.807) is 11.3 Å². The van der Waals surface area contributed by atoms with E-state index in [9.17, 15) is 4.79 Å². The van der Waals surface area contributed by atoms with Gasteiger partial charge in [-0.3, -0.25) is 4.79 Å². The summed E-state index contributed by atoms with van der Waals surface area (Å²) in [4.78, 5) is 16.3. The van der Waals surface area contributed by atoms with E-state index >= 15 is 0 Å². The Balaban J connectivity index is 1.49. The van der Waals surface area contributed by atoms with Gasteiger partial charge in [0.2, 0.25) is 0 Å². The Hall–Kier alpha value is -2.99. The summed E-state index contributed by atoms with van der Waals surface area (Å²) in [6.45, 7) is 6.11. The molecule has 1 aromatic heterocycles. The Morgan fingerprint density at radius 3 is 2.76 bits per heavy atom. The van der Waals surface area contributed by atoms with Gasteiger partial charge in [-0.2, -0.15) is 0 Å². The molecular weight excluding hydrogens is 382 g/mol. The minimum Gasteiger partial charge on any atom is -0.480 e. The molecule has 6 heteroatoms. The summed E-state index contributed by atoms with van der Waals surface area (Å²) in [5.41, 5.74) is 10.5. The minimum atomic E-state index is -0.554. The molecule has 2 heterocycles. The molecular formula is C23H25N3O2S. The number of carbonyl (C=O) groups is 1. The first-order valence-corrected chi connectivity index (χ1v) is 10.8. The lowest BCUT2D eigenvalue weighted by atomic mass is 10.1. The molecule has 0 spiro atoms. The zero-order valence-corrected chi connectivity index (χ0v) is 17.5. The number of thiophene rings is 1. The summed E-state index contributed by atoms with van der Waals surface area (Å²) in [5.74, 6) is 0.607. The topological polar surface area (TPSA) is 67.6 Å². The molecule has 0 saturated heterocycles. The van der Waals surface area contributed by atoms with Crippen molar-refractivity contribution in [2.75, 3.05) is 29.0 Å². The van der Waals surface area contributed by atoms with Gasteiger partial charge in [0.25, 0.3) is 5.91 Å². The fourth-order valence-corrected chi connectivity index (χ4v) is 4.35. The number of amides is 1. The average Bonchev–Trinajstić information content (AvgIpc) is 3.40. The summed E-state index contributed by atoms with van der Waals surface area (Å²) in [7, 11) is 0. The van der Waals surface area contributed by atoms with Gasteiger partial charge in [-0.1, -0.05) is 18.2 Å². The number of nitrogens with zero attached hydrogens (tertiary/aromatic N) is 1. The second-order valence-corrected chi connectivity index (χ2v) is 7.99. The molecule has 0 aliphatic carbocycles. The molecule has 3 aromatic rings. The maximum absolute atomic E-state index is 12.9. The van der Waals surface area contributed by atoms with Gasteiger partial charge in [0.15, 0.2) is 6.10 Å². The third-order valence-corrected chi connectivity index (χ3v) is 6.18. The lowest BCUT2D eigenvalue weighted by Gasteiger charge is -2.21. The van der Waals surface area contributed by atoms with E-state index in [0.717, 1.165) is 40.5 Å². The third-order valence-electron chi connectivity index (χ3n) is 5.26. The van der Waals surface area contributed by atoms with Crippen LogP contribution in [0.3, 0.4) is 0 Å². The number of hydrogen-bond acceptors (Lipinski definition) is 5. The van der Waals surface area contributed by atoms with Crippen LogP contribution in [0.15, 0.2) is 53.9 Å². The van der Waals surface area contributed by atoms with Crippen molar-refractivity contribution in [3.05, 3.63) is 59.5 Å². The van der Waals surface area contributed by atoms with Crippen molar-refractivity contribution in [1.82, 2.24) is 0 Å². The summed E-state index contributed by atoms with van der Waals surface area (Å²) in [6, 6.07) is 15.9. The van der Waals surface area contributed by atoms with E-state index < -0.39 is 6.10 Å². The SMILES string of the molecule is CCN(CC)c1ccc2c(c1)OC(C(=O)Nc1cc(-c3cccs3)ccc1N)C2. The van der Waals surface area contributed by atoms with Gasteiger partial charge < -0.3 is 20.7 Å². The molecule has 1 aliphatic rings. The zero-order chi connectivity index (χ0) is 20.4. The summed E-state index contributed by atoms with van der Waals surface area (Å²) >= 11 is 1.65. The molecule has 1 aliphatic heterocycles. The lowest BCUT2D eigenvalue weighted by Crippen LogP contribution is -2.31. The molecule has 0 bridgehead atoms. The van der Waals surface area contributed by atoms with Crippen LogP contribution in [0.25, 0.3) is 10.4 Å². The number of ether oxygens (including phenoxy) is 1. The summed E-state index contributed by atoms with van der Waals surface area (Å²) in [5, 5.41) is 4.98. The van der Waals surface area contributed by atoms with Crippen LogP contribution in [0.5, 0.6) is 5.75 Å². The molecule has 0 fully saturated rings. The van der Waals surface area contributed by atoms with Crippen LogP contribution in [0.4, 0.5) is 17.1 Å². The predicted octanol–water partition coefficient (Wildman–Crippen LogP) is 4.79. The number of hydrogen-bond donors (Lipinski definition) is 2. The predicted molar refractivity (Wildman–Crippen MR) is 121 cm³/mol. The van der Waals surface area contributed by atoms with Crippen molar-refractivity contribution < 1.29 is 9.53 Å². The fraction of sp³-hybridized carbons (Fsp3) is 0.261. The van der Waals surface area contributed by atoms with Crippen LogP contribution in [0, 0.1) is 0 Å². The van der Waals surface area contributed by atoms with E-state index in [0.29, 0.717) is 17.8 Å². The first-order chi connectivity index (χ1) is 14.1. The maximum atomic E-state index is 12.9. The molecule has 0 saturated carbocycles. The van der Waals surface area contributed by atoms with E-state index in [1.165, 1.54) is 0 Å². The molecule has 150 valence electrons. The van der Waals surface area contributed by atoms with Crippen LogP contribution < -0.4 is 20.7 Å². The maximum Gasteiger partial charge on any atom is 0.265 e. The highest BCUT2D eigenvalue weighted by Crippen LogP contribution is 2.34. The molecule has 1 amide bonds. The number of carbonyl (C=O) groups excluding carboxylic acids is 1. The number of rotatable bonds is 6. The van der Waals surface area contributed by atoms with Gasteiger partial charge in [-0.25, -0.2) is 0 Å². The highest BCUT2D eigenvalue weighted by Gasteiger charge is 2.30. The second kappa shape index (κ2) is 8.17. The monoisotopic (exact) mass is 407 g/mol. The number of nitrogen functional groups attached to an aromatic ring is 1. The number of fused-ring (bicyclic) bond motifs is 1. The molecule has 3 N–H and O–H groups in total. The molecule has 1 atom stereocenters. The van der Waals surface area contributed by atoms with Gasteiger partial charge >= 0.3 is 0 Å². The molecule has 5 nitrogen and oxygen atoms in total. The van der Waals surface area contributed by atoms with Gasteiger partial charge in [0, 0.05) is 36.1 Å². The van der Waals surface area contributed by atoms with Crippen LogP contribution in [-0.2, 0) is 11.2 Å². The Bertz CT molecular complexity index is 1010. The van der Waals surface area contributed by atoms with Gasteiger partial charge in [0.05, 0.1) is 11.4 Å². The van der Waals surface area contributed by atoms with E-state index in [4.69, 9.17) is 10.5 Å². The van der Waals surface area contributed by atoms with Gasteiger partial charge in [0.1, 0.15) is 5.75 Å². The smallest absolute Gasteiger partial charge is 0.265 e. The van der Waals surface area contributed by atoms with E-state index in [1.807, 2.05) is 41.8 Å². The van der Waals surface area contributed by atoms with Crippen molar-refractivity contribution >= 4 is 34.3 Å². The van der Waals surface area contributed by atoms with Crippen molar-refractivity contribution in [2.24, 2.45) is 0 Å². The van der Waals surface area contributed by atoms with E-state index in [-0.39, 0.29) is 5.91 Å². The first-order valence-electron chi connectivity index (χ1n) is 9.87. The molecule has 29 heavy (non-hydrogen) atoms. The molecule has 1 unspecified atom stereocenters. The highest BCUT2D eigenvalue weighted by atomic mass is 32.1. The van der Waals surface area contributed by atoms with E-state index in [2.05, 4.69) is 36.2 Å². The number of benzene rings is 2. The van der Waals surface area contributed by atoms with Gasteiger partial charge in [-0.05, 0) is 54.6 Å². The Morgan fingerprint density at radius 2 is 2.03 bits per heavy atom. The highest BCUT2D eigenvalue weighted by molar-refractivity contribution is 7.13. The van der Waals surface area contributed by atoms with Crippen LogP contribution in [0.2, 0.25) is 0 Å². The Morgan fingerprint density at radius 1 is 1.21 bits per heavy atom. The molecule has 2 aromatic carbocycles. The molecule has 0 radical (unpaired) electrons. The first kappa shape index (κ1) is 19.3. The largest absolute Gasteiger partial charge is 0.480 e. The fourth-order valence-electron chi connectivity index (χ4n) is 3.62. The lowest BCUT2D eigenvalue weighted by molar-refractivity contribution is -0.122. The summed E-state index contributed by atoms with van der Waals surface area (Å²) in [6.07, 6.45) is 0.00580. The van der Waals surface area contributed by atoms with Crippen molar-refractivity contribution in [3.8, 4) is 16.2 Å². The van der Waals surface area contributed by atoms with Crippen molar-refractivity contribution in [2.45, 2.75) is 26.4 Å². The summed E-state index contributed by atoms with van der Waals surface area (Å²) < 4.78 is 5.99. The number of nitrogens with two attached hydrogens (primary N) is 1. The normalized spacial score (nSPS) is 14.9. The Labute approximate surface area is 175 Å².